The molecule has 1 aromatic rings. The van der Waals surface area contributed by atoms with Gasteiger partial charge in [-0.05, 0) is 40.7 Å². The number of aliphatic imine (C=N–C) groups is 1. The highest BCUT2D eigenvalue weighted by molar-refractivity contribution is 14.0. The fourth-order valence-corrected chi connectivity index (χ4v) is 4.30. The number of fused-ring (bicyclic) bond motifs is 1. The quantitative estimate of drug-likeness (QED) is 0.303. The predicted octanol–water partition coefficient (Wildman–Crippen LogP) is 2.79. The molecular formula is C19H33IN4O3S. The molecule has 7 nitrogen and oxygen atoms in total. The summed E-state index contributed by atoms with van der Waals surface area (Å²) in [6, 6.07) is 8.05. The Morgan fingerprint density at radius 3 is 2.57 bits per heavy atom. The Morgan fingerprint density at radius 1 is 1.32 bits per heavy atom. The molecular weight excluding hydrogens is 491 g/mol. The summed E-state index contributed by atoms with van der Waals surface area (Å²) in [5, 5.41) is 6.73. The molecule has 1 aliphatic rings. The van der Waals surface area contributed by atoms with Gasteiger partial charge in [0.05, 0.1) is 18.8 Å². The second-order valence-corrected chi connectivity index (χ2v) is 10.0. The zero-order chi connectivity index (χ0) is 20.3. The minimum absolute atomic E-state index is 0. The van der Waals surface area contributed by atoms with E-state index in [0.717, 1.165) is 24.0 Å². The molecule has 28 heavy (non-hydrogen) atoms. The van der Waals surface area contributed by atoms with Crippen molar-refractivity contribution in [2.45, 2.75) is 58.2 Å². The lowest BCUT2D eigenvalue weighted by Gasteiger charge is -2.38. The van der Waals surface area contributed by atoms with Crippen molar-refractivity contribution in [2.24, 2.45) is 4.99 Å². The van der Waals surface area contributed by atoms with Crippen LogP contribution in [0.15, 0.2) is 29.3 Å². The fraction of sp³-hybridized carbons (Fsp3) is 0.632. The minimum Gasteiger partial charge on any atom is -0.487 e. The average molecular weight is 524 g/mol. The van der Waals surface area contributed by atoms with Gasteiger partial charge in [-0.15, -0.1) is 24.0 Å². The molecule has 0 aromatic heterocycles. The molecule has 2 rings (SSSR count). The van der Waals surface area contributed by atoms with Crippen LogP contribution in [0.1, 0.15) is 52.6 Å². The molecule has 0 radical (unpaired) electrons. The lowest BCUT2D eigenvalue weighted by Crippen LogP contribution is -2.48. The summed E-state index contributed by atoms with van der Waals surface area (Å²) < 4.78 is 31.8. The summed E-state index contributed by atoms with van der Waals surface area (Å²) >= 11 is 0. The molecule has 0 saturated carbocycles. The third-order valence-electron chi connectivity index (χ3n) is 4.13. The predicted molar refractivity (Wildman–Crippen MR) is 125 cm³/mol. The van der Waals surface area contributed by atoms with E-state index in [1.165, 1.54) is 0 Å². The molecule has 1 unspecified atom stereocenters. The normalized spacial score (nSPS) is 19.1. The number of nitrogens with zero attached hydrogens (tertiary/aromatic N) is 1. The second-order valence-electron chi connectivity index (χ2n) is 8.25. The summed E-state index contributed by atoms with van der Waals surface area (Å²) in [5.41, 5.74) is 0.124. The highest BCUT2D eigenvalue weighted by Crippen LogP contribution is 2.39. The van der Waals surface area contributed by atoms with Gasteiger partial charge in [0.2, 0.25) is 10.0 Å². The SMILES string of the molecule is CCNC(=NCC(C)(C)NS(C)(=O)=O)NC1CC(C)(C)Oc2ccccc21.I. The van der Waals surface area contributed by atoms with Gasteiger partial charge in [0.1, 0.15) is 11.4 Å². The van der Waals surface area contributed by atoms with E-state index in [4.69, 9.17) is 4.74 Å². The van der Waals surface area contributed by atoms with Crippen molar-refractivity contribution in [3.8, 4) is 5.75 Å². The molecule has 1 aromatic carbocycles. The van der Waals surface area contributed by atoms with Crippen LogP contribution in [0.4, 0.5) is 0 Å². The Morgan fingerprint density at radius 2 is 1.96 bits per heavy atom. The van der Waals surface area contributed by atoms with Gasteiger partial charge in [0.25, 0.3) is 0 Å². The number of ether oxygens (including phenoxy) is 1. The lowest BCUT2D eigenvalue weighted by molar-refractivity contribution is 0.0694. The van der Waals surface area contributed by atoms with Crippen LogP contribution in [0.25, 0.3) is 0 Å². The van der Waals surface area contributed by atoms with Crippen LogP contribution in [0.5, 0.6) is 5.75 Å². The van der Waals surface area contributed by atoms with E-state index < -0.39 is 15.6 Å². The highest BCUT2D eigenvalue weighted by Gasteiger charge is 2.34. The smallest absolute Gasteiger partial charge is 0.209 e. The van der Waals surface area contributed by atoms with E-state index in [1.54, 1.807) is 0 Å². The summed E-state index contributed by atoms with van der Waals surface area (Å²) in [4.78, 5) is 4.61. The van der Waals surface area contributed by atoms with Gasteiger partial charge in [0.15, 0.2) is 5.96 Å². The molecule has 1 aliphatic heterocycles. The van der Waals surface area contributed by atoms with Crippen LogP contribution in [0.3, 0.4) is 0 Å². The van der Waals surface area contributed by atoms with Gasteiger partial charge in [-0.2, -0.15) is 0 Å². The largest absolute Gasteiger partial charge is 0.487 e. The zero-order valence-corrected chi connectivity index (χ0v) is 20.6. The highest BCUT2D eigenvalue weighted by atomic mass is 127. The Labute approximate surface area is 186 Å². The number of para-hydroxylation sites is 1. The van der Waals surface area contributed by atoms with Crippen LogP contribution in [-0.2, 0) is 10.0 Å². The first-order chi connectivity index (χ1) is 12.4. The molecule has 0 aliphatic carbocycles. The Kier molecular flexibility index (Phi) is 8.58. The van der Waals surface area contributed by atoms with Crippen molar-refractivity contribution in [3.05, 3.63) is 29.8 Å². The topological polar surface area (TPSA) is 91.8 Å². The number of sulfonamides is 1. The Bertz CT molecular complexity index is 794. The maximum atomic E-state index is 11.5. The van der Waals surface area contributed by atoms with E-state index in [-0.39, 0.29) is 35.6 Å². The molecule has 0 saturated heterocycles. The summed E-state index contributed by atoms with van der Waals surface area (Å²) in [5.74, 6) is 1.53. The molecule has 3 N–H and O–H groups in total. The molecule has 9 heteroatoms. The molecule has 0 bridgehead atoms. The van der Waals surface area contributed by atoms with Crippen molar-refractivity contribution in [2.75, 3.05) is 19.3 Å². The van der Waals surface area contributed by atoms with Gasteiger partial charge in [0, 0.05) is 24.1 Å². The van der Waals surface area contributed by atoms with E-state index in [1.807, 2.05) is 39.0 Å². The average Bonchev–Trinajstić information content (AvgIpc) is 2.49. The van der Waals surface area contributed by atoms with Crippen molar-refractivity contribution in [3.63, 3.8) is 0 Å². The fourth-order valence-electron chi connectivity index (χ4n) is 3.23. The molecule has 0 fully saturated rings. The van der Waals surface area contributed by atoms with Crippen LogP contribution in [0.2, 0.25) is 0 Å². The molecule has 0 spiro atoms. The Hall–Kier alpha value is -1.07. The van der Waals surface area contributed by atoms with Gasteiger partial charge >= 0.3 is 0 Å². The third kappa shape index (κ3) is 7.75. The number of nitrogens with one attached hydrogen (secondary N) is 3. The first kappa shape index (κ1) is 25.0. The third-order valence-corrected chi connectivity index (χ3v) is 5.05. The van der Waals surface area contributed by atoms with Crippen LogP contribution in [-0.4, -0.2) is 44.9 Å². The van der Waals surface area contributed by atoms with Crippen LogP contribution >= 0.6 is 24.0 Å². The summed E-state index contributed by atoms with van der Waals surface area (Å²) in [6.45, 7) is 10.8. The molecule has 1 atom stereocenters. The number of hydrogen-bond acceptors (Lipinski definition) is 4. The first-order valence-corrected chi connectivity index (χ1v) is 11.1. The maximum Gasteiger partial charge on any atom is 0.209 e. The maximum absolute atomic E-state index is 11.5. The van der Waals surface area contributed by atoms with Crippen molar-refractivity contribution >= 4 is 40.0 Å². The van der Waals surface area contributed by atoms with E-state index >= 15 is 0 Å². The van der Waals surface area contributed by atoms with Crippen LogP contribution < -0.4 is 20.1 Å². The molecule has 1 heterocycles. The second kappa shape index (κ2) is 9.62. The van der Waals surface area contributed by atoms with Crippen LogP contribution in [0, 0.1) is 0 Å². The zero-order valence-electron chi connectivity index (χ0n) is 17.5. The van der Waals surface area contributed by atoms with Gasteiger partial charge in [-0.3, -0.25) is 4.99 Å². The summed E-state index contributed by atoms with van der Waals surface area (Å²) in [6.07, 6.45) is 1.95. The number of halogens is 1. The number of guanidine groups is 1. The standard InChI is InChI=1S/C19H32N4O3S.HI/c1-7-20-17(21-13-18(2,3)23-27(6,24)25)22-15-12-19(4,5)26-16-11-9-8-10-14(15)16;/h8-11,15,23H,7,12-13H2,1-6H3,(H2,20,21,22);1H. The monoisotopic (exact) mass is 524 g/mol. The van der Waals surface area contributed by atoms with Crippen molar-refractivity contribution < 1.29 is 13.2 Å². The van der Waals surface area contributed by atoms with Gasteiger partial charge < -0.3 is 15.4 Å². The lowest BCUT2D eigenvalue weighted by atomic mass is 9.90. The Balaban J connectivity index is 0.00000392. The summed E-state index contributed by atoms with van der Waals surface area (Å²) in [7, 11) is -3.30. The molecule has 160 valence electrons. The van der Waals surface area contributed by atoms with E-state index in [9.17, 15) is 8.42 Å². The van der Waals surface area contributed by atoms with E-state index in [0.29, 0.717) is 19.0 Å². The number of rotatable bonds is 6. The van der Waals surface area contributed by atoms with Crippen molar-refractivity contribution in [1.29, 1.82) is 0 Å². The number of hydrogen-bond donors (Lipinski definition) is 3. The van der Waals surface area contributed by atoms with E-state index in [2.05, 4.69) is 40.3 Å². The van der Waals surface area contributed by atoms with Gasteiger partial charge in [-0.1, -0.05) is 18.2 Å². The molecule has 0 amide bonds. The number of benzene rings is 1. The minimum atomic E-state index is -3.30. The van der Waals surface area contributed by atoms with Crippen molar-refractivity contribution in [1.82, 2.24) is 15.4 Å². The first-order valence-electron chi connectivity index (χ1n) is 9.22. The van der Waals surface area contributed by atoms with Gasteiger partial charge in [-0.25, -0.2) is 13.1 Å².